The molecule has 3 aromatic rings. The zero-order valence-corrected chi connectivity index (χ0v) is 18.0. The van der Waals surface area contributed by atoms with Gasteiger partial charge in [-0.1, -0.05) is 12.1 Å². The average Bonchev–Trinajstić information content (AvgIpc) is 3.22. The average molecular weight is 450 g/mol. The SMILES string of the molecule is COC(=O)CC1Nc2ccc(C(=O)NNC(=O)c3nc4ccccc4[nH]3)cc2CN(C)C1=O. The minimum atomic E-state index is -0.772. The van der Waals surface area contributed by atoms with Crippen LogP contribution in [-0.4, -0.2) is 58.8 Å². The van der Waals surface area contributed by atoms with Gasteiger partial charge in [0.1, 0.15) is 6.04 Å². The van der Waals surface area contributed by atoms with Crippen LogP contribution in [-0.2, 0) is 20.9 Å². The third kappa shape index (κ3) is 4.61. The third-order valence-corrected chi connectivity index (χ3v) is 5.27. The van der Waals surface area contributed by atoms with Crippen LogP contribution in [0, 0.1) is 0 Å². The van der Waals surface area contributed by atoms with Gasteiger partial charge in [-0.25, -0.2) is 4.98 Å². The number of H-pyrrole nitrogens is 1. The van der Waals surface area contributed by atoms with Crippen molar-refractivity contribution < 1.29 is 23.9 Å². The van der Waals surface area contributed by atoms with E-state index in [4.69, 9.17) is 0 Å². The highest BCUT2D eigenvalue weighted by atomic mass is 16.5. The van der Waals surface area contributed by atoms with E-state index in [0.29, 0.717) is 22.3 Å². The Morgan fingerprint density at radius 1 is 1.15 bits per heavy atom. The molecule has 1 aromatic heterocycles. The van der Waals surface area contributed by atoms with Gasteiger partial charge in [0.05, 0.1) is 24.6 Å². The fourth-order valence-corrected chi connectivity index (χ4v) is 3.55. The summed E-state index contributed by atoms with van der Waals surface area (Å²) in [7, 11) is 2.88. The molecule has 4 N–H and O–H groups in total. The molecule has 0 bridgehead atoms. The molecule has 1 atom stereocenters. The summed E-state index contributed by atoms with van der Waals surface area (Å²) in [5, 5.41) is 3.05. The minimum absolute atomic E-state index is 0.0689. The molecule has 0 fully saturated rings. The number of nitrogens with zero attached hydrogens (tertiary/aromatic N) is 2. The number of anilines is 1. The summed E-state index contributed by atoms with van der Waals surface area (Å²) in [6.07, 6.45) is -0.116. The van der Waals surface area contributed by atoms with Crippen LogP contribution in [0.2, 0.25) is 0 Å². The number of nitrogens with one attached hydrogen (secondary N) is 4. The van der Waals surface area contributed by atoms with Gasteiger partial charge in [-0.2, -0.15) is 0 Å². The fraction of sp³-hybridized carbons (Fsp3) is 0.227. The molecule has 0 saturated heterocycles. The van der Waals surface area contributed by atoms with Crippen LogP contribution in [0.5, 0.6) is 0 Å². The number of hydrazine groups is 1. The zero-order chi connectivity index (χ0) is 23.5. The van der Waals surface area contributed by atoms with Crippen LogP contribution in [0.4, 0.5) is 5.69 Å². The smallest absolute Gasteiger partial charge is 0.308 e. The lowest BCUT2D eigenvalue weighted by atomic mass is 10.1. The van der Waals surface area contributed by atoms with E-state index < -0.39 is 23.8 Å². The molecule has 33 heavy (non-hydrogen) atoms. The summed E-state index contributed by atoms with van der Waals surface area (Å²) >= 11 is 0. The second kappa shape index (κ2) is 8.99. The number of aromatic nitrogens is 2. The van der Waals surface area contributed by atoms with Gasteiger partial charge in [-0.3, -0.25) is 30.0 Å². The normalized spacial score (nSPS) is 15.3. The Kier molecular flexibility index (Phi) is 5.94. The number of amides is 3. The van der Waals surface area contributed by atoms with E-state index in [2.05, 4.69) is 30.9 Å². The zero-order valence-electron chi connectivity index (χ0n) is 18.0. The van der Waals surface area contributed by atoms with Gasteiger partial charge >= 0.3 is 11.9 Å². The monoisotopic (exact) mass is 450 g/mol. The number of para-hydroxylation sites is 2. The molecule has 0 radical (unpaired) electrons. The van der Waals surface area contributed by atoms with Crippen molar-refractivity contribution in [3.63, 3.8) is 0 Å². The number of carbonyl (C=O) groups excluding carboxylic acids is 4. The number of aromatic amines is 1. The Hall–Kier alpha value is -4.41. The number of methoxy groups -OCH3 is 1. The maximum Gasteiger partial charge on any atom is 0.308 e. The lowest BCUT2D eigenvalue weighted by molar-refractivity contribution is -0.143. The largest absolute Gasteiger partial charge is 0.469 e. The first-order valence-electron chi connectivity index (χ1n) is 10.1. The Balaban J connectivity index is 1.45. The predicted molar refractivity (Wildman–Crippen MR) is 118 cm³/mol. The summed E-state index contributed by atoms with van der Waals surface area (Å²) in [6, 6.07) is 11.2. The van der Waals surface area contributed by atoms with E-state index >= 15 is 0 Å². The van der Waals surface area contributed by atoms with Crippen molar-refractivity contribution in [3.8, 4) is 0 Å². The Bertz CT molecular complexity index is 1220. The second-order valence-corrected chi connectivity index (χ2v) is 7.55. The van der Waals surface area contributed by atoms with Crippen molar-refractivity contribution in [1.82, 2.24) is 25.7 Å². The van der Waals surface area contributed by atoms with Gasteiger partial charge in [0.15, 0.2) is 5.82 Å². The Morgan fingerprint density at radius 3 is 2.67 bits per heavy atom. The van der Waals surface area contributed by atoms with Gasteiger partial charge < -0.3 is 19.9 Å². The molecule has 1 aliphatic heterocycles. The molecule has 11 nitrogen and oxygen atoms in total. The summed E-state index contributed by atoms with van der Waals surface area (Å²) < 4.78 is 4.67. The van der Waals surface area contributed by atoms with Gasteiger partial charge in [-0.15, -0.1) is 0 Å². The number of carbonyl (C=O) groups is 4. The minimum Gasteiger partial charge on any atom is -0.469 e. The molecule has 0 aliphatic carbocycles. The highest BCUT2D eigenvalue weighted by molar-refractivity contribution is 5.99. The van der Waals surface area contributed by atoms with Crippen molar-refractivity contribution in [2.75, 3.05) is 19.5 Å². The fourth-order valence-electron chi connectivity index (χ4n) is 3.55. The van der Waals surface area contributed by atoms with Gasteiger partial charge in [0.25, 0.3) is 5.91 Å². The van der Waals surface area contributed by atoms with Crippen molar-refractivity contribution in [3.05, 3.63) is 59.4 Å². The van der Waals surface area contributed by atoms with Crippen LogP contribution in [0.3, 0.4) is 0 Å². The van der Waals surface area contributed by atoms with Gasteiger partial charge in [-0.05, 0) is 35.9 Å². The van der Waals surface area contributed by atoms with E-state index in [0.717, 1.165) is 0 Å². The number of rotatable bonds is 4. The number of esters is 1. The number of likely N-dealkylation sites (N-methyl/N-ethyl adjacent to an activating group) is 1. The lowest BCUT2D eigenvalue weighted by Crippen LogP contribution is -2.42. The van der Waals surface area contributed by atoms with Crippen LogP contribution >= 0.6 is 0 Å². The topological polar surface area (TPSA) is 146 Å². The van der Waals surface area contributed by atoms with Crippen LogP contribution in [0.15, 0.2) is 42.5 Å². The molecule has 1 unspecified atom stereocenters. The van der Waals surface area contributed by atoms with E-state index in [9.17, 15) is 19.2 Å². The summed E-state index contributed by atoms with van der Waals surface area (Å²) in [5.74, 6) is -1.83. The van der Waals surface area contributed by atoms with Gasteiger partial charge in [0.2, 0.25) is 5.91 Å². The van der Waals surface area contributed by atoms with Crippen LogP contribution in [0.1, 0.15) is 33.0 Å². The predicted octanol–water partition coefficient (Wildman–Crippen LogP) is 0.953. The Morgan fingerprint density at radius 2 is 1.91 bits per heavy atom. The number of hydrogen-bond donors (Lipinski definition) is 4. The molecule has 0 spiro atoms. The summed E-state index contributed by atoms with van der Waals surface area (Å²) in [5.41, 5.74) is 7.65. The lowest BCUT2D eigenvalue weighted by Gasteiger charge is -2.19. The molecule has 0 saturated carbocycles. The van der Waals surface area contributed by atoms with Gasteiger partial charge in [0, 0.05) is 24.8 Å². The van der Waals surface area contributed by atoms with Crippen molar-refractivity contribution in [1.29, 1.82) is 0 Å². The van der Waals surface area contributed by atoms with Crippen LogP contribution < -0.4 is 16.2 Å². The van der Waals surface area contributed by atoms with E-state index in [1.54, 1.807) is 37.4 Å². The third-order valence-electron chi connectivity index (χ3n) is 5.27. The molecule has 2 aromatic carbocycles. The number of ether oxygens (including phenoxy) is 1. The maximum atomic E-state index is 12.6. The molecule has 11 heteroatoms. The molecule has 3 amide bonds. The van der Waals surface area contributed by atoms with Crippen molar-refractivity contribution in [2.45, 2.75) is 19.0 Å². The number of fused-ring (bicyclic) bond motifs is 2. The summed E-state index contributed by atoms with van der Waals surface area (Å²) in [4.78, 5) is 57.7. The standard InChI is InChI=1S/C22H22N6O5/c1-28-11-13-9-12(7-8-14(13)23-17(22(28)32)10-18(29)33-2)20(30)26-27-21(31)19-24-15-5-3-4-6-16(15)25-19/h3-9,17,23H,10-11H2,1-2H3,(H,24,25)(H,26,30)(H,27,31). The molecule has 4 rings (SSSR count). The second-order valence-electron chi connectivity index (χ2n) is 7.55. The highest BCUT2D eigenvalue weighted by Crippen LogP contribution is 2.25. The van der Waals surface area contributed by atoms with E-state index in [-0.39, 0.29) is 30.3 Å². The highest BCUT2D eigenvalue weighted by Gasteiger charge is 2.29. The maximum absolute atomic E-state index is 12.6. The molecule has 170 valence electrons. The Labute approximate surface area is 188 Å². The molecular formula is C22H22N6O5. The number of imidazole rings is 1. The molecule has 1 aliphatic rings. The van der Waals surface area contributed by atoms with Crippen molar-refractivity contribution >= 4 is 40.4 Å². The van der Waals surface area contributed by atoms with Crippen molar-refractivity contribution in [2.24, 2.45) is 0 Å². The van der Waals surface area contributed by atoms with E-state index in [1.807, 2.05) is 12.1 Å². The van der Waals surface area contributed by atoms with Crippen LogP contribution in [0.25, 0.3) is 11.0 Å². The van der Waals surface area contributed by atoms with E-state index in [1.165, 1.54) is 12.0 Å². The first kappa shape index (κ1) is 21.8. The first-order chi connectivity index (χ1) is 15.9. The molecule has 2 heterocycles. The summed E-state index contributed by atoms with van der Waals surface area (Å²) in [6.45, 7) is 0.241. The number of benzene rings is 2. The quantitative estimate of drug-likeness (QED) is 0.342. The first-order valence-corrected chi connectivity index (χ1v) is 10.1. The molecular weight excluding hydrogens is 428 g/mol. The number of hydrogen-bond acceptors (Lipinski definition) is 7.